The molecule has 2 aliphatic rings. The number of hydrogen-bond donors (Lipinski definition) is 2. The summed E-state index contributed by atoms with van der Waals surface area (Å²) >= 11 is 0. The van der Waals surface area contributed by atoms with Crippen molar-refractivity contribution in [2.45, 2.75) is 19.3 Å². The van der Waals surface area contributed by atoms with Crippen LogP contribution in [0.5, 0.6) is 0 Å². The first-order valence-electron chi connectivity index (χ1n) is 6.42. The molecule has 2 saturated heterocycles. The average molecular weight is 247 g/mol. The van der Waals surface area contributed by atoms with E-state index in [1.54, 1.807) is 12.3 Å². The van der Waals surface area contributed by atoms with Gasteiger partial charge in [0.15, 0.2) is 0 Å². The van der Waals surface area contributed by atoms with Gasteiger partial charge in [-0.05, 0) is 31.4 Å². The molecule has 2 aliphatic heterocycles. The molecule has 18 heavy (non-hydrogen) atoms. The molecular formula is C13H17N3O2. The number of piperidine rings is 1. The molecule has 1 aromatic heterocycles. The summed E-state index contributed by atoms with van der Waals surface area (Å²) in [7, 11) is 0. The van der Waals surface area contributed by atoms with E-state index in [0.717, 1.165) is 25.8 Å². The van der Waals surface area contributed by atoms with Gasteiger partial charge in [0, 0.05) is 25.8 Å². The molecule has 0 aliphatic carbocycles. The molecule has 0 bridgehead atoms. The Morgan fingerprint density at radius 3 is 2.61 bits per heavy atom. The van der Waals surface area contributed by atoms with Gasteiger partial charge in [-0.15, -0.1) is 0 Å². The van der Waals surface area contributed by atoms with Crippen LogP contribution in [0.1, 0.15) is 29.8 Å². The molecule has 0 radical (unpaired) electrons. The van der Waals surface area contributed by atoms with Crippen LogP contribution in [0.3, 0.4) is 0 Å². The van der Waals surface area contributed by atoms with Gasteiger partial charge in [0.05, 0.1) is 5.41 Å². The van der Waals surface area contributed by atoms with Crippen molar-refractivity contribution in [2.75, 3.05) is 19.6 Å². The number of carbonyl (C=O) groups excluding carboxylic acids is 2. The van der Waals surface area contributed by atoms with Crippen molar-refractivity contribution < 1.29 is 9.59 Å². The highest BCUT2D eigenvalue weighted by Gasteiger charge is 2.45. The summed E-state index contributed by atoms with van der Waals surface area (Å²) in [6.07, 6.45) is 4.23. The third-order valence-corrected chi connectivity index (χ3v) is 4.21. The van der Waals surface area contributed by atoms with E-state index in [2.05, 4.69) is 10.3 Å². The minimum Gasteiger partial charge on any atom is -0.357 e. The number of aromatic amines is 1. The average Bonchev–Trinajstić information content (AvgIpc) is 3.02. The molecule has 96 valence electrons. The molecule has 0 unspecified atom stereocenters. The second-order valence-corrected chi connectivity index (χ2v) is 5.16. The van der Waals surface area contributed by atoms with E-state index in [1.807, 2.05) is 11.0 Å². The van der Waals surface area contributed by atoms with E-state index >= 15 is 0 Å². The minimum absolute atomic E-state index is 0.0354. The highest BCUT2D eigenvalue weighted by atomic mass is 16.2. The lowest BCUT2D eigenvalue weighted by Crippen LogP contribution is -2.46. The number of aromatic nitrogens is 1. The summed E-state index contributed by atoms with van der Waals surface area (Å²) in [6, 6.07) is 3.61. The highest BCUT2D eigenvalue weighted by Crippen LogP contribution is 2.38. The zero-order chi connectivity index (χ0) is 12.6. The molecule has 2 amide bonds. The number of hydrogen-bond acceptors (Lipinski definition) is 2. The molecule has 2 fully saturated rings. The number of rotatable bonds is 1. The number of H-pyrrole nitrogens is 1. The first-order valence-corrected chi connectivity index (χ1v) is 6.42. The Balaban J connectivity index is 1.67. The normalized spacial score (nSPS) is 22.2. The van der Waals surface area contributed by atoms with Gasteiger partial charge in [0.1, 0.15) is 5.69 Å². The van der Waals surface area contributed by atoms with Crippen LogP contribution in [0.2, 0.25) is 0 Å². The fourth-order valence-corrected chi connectivity index (χ4v) is 2.96. The van der Waals surface area contributed by atoms with E-state index in [0.29, 0.717) is 18.8 Å². The number of nitrogens with one attached hydrogen (secondary N) is 2. The fourth-order valence-electron chi connectivity index (χ4n) is 2.96. The van der Waals surface area contributed by atoms with E-state index in [1.165, 1.54) is 0 Å². The second kappa shape index (κ2) is 4.15. The number of carbonyl (C=O) groups is 2. The Labute approximate surface area is 106 Å². The van der Waals surface area contributed by atoms with E-state index in [-0.39, 0.29) is 17.2 Å². The maximum absolute atomic E-state index is 12.1. The molecule has 3 heterocycles. The Bertz CT molecular complexity index is 459. The molecule has 5 heteroatoms. The van der Waals surface area contributed by atoms with Gasteiger partial charge in [0.2, 0.25) is 5.91 Å². The van der Waals surface area contributed by atoms with Crippen molar-refractivity contribution in [1.29, 1.82) is 0 Å². The van der Waals surface area contributed by atoms with Crippen molar-refractivity contribution in [1.82, 2.24) is 15.2 Å². The van der Waals surface area contributed by atoms with Crippen molar-refractivity contribution >= 4 is 11.8 Å². The maximum atomic E-state index is 12.1. The first kappa shape index (κ1) is 11.3. The van der Waals surface area contributed by atoms with Crippen LogP contribution < -0.4 is 5.32 Å². The zero-order valence-corrected chi connectivity index (χ0v) is 10.2. The van der Waals surface area contributed by atoms with Crippen LogP contribution in [0.4, 0.5) is 0 Å². The molecular weight excluding hydrogens is 230 g/mol. The summed E-state index contributed by atoms with van der Waals surface area (Å²) in [5, 5.41) is 2.90. The van der Waals surface area contributed by atoms with E-state index in [9.17, 15) is 9.59 Å². The molecule has 1 spiro atoms. The third-order valence-electron chi connectivity index (χ3n) is 4.21. The quantitative estimate of drug-likeness (QED) is 0.769. The predicted octanol–water partition coefficient (Wildman–Crippen LogP) is 0.757. The molecule has 2 N–H and O–H groups in total. The summed E-state index contributed by atoms with van der Waals surface area (Å²) in [5.41, 5.74) is 0.425. The summed E-state index contributed by atoms with van der Waals surface area (Å²) in [4.78, 5) is 28.7. The van der Waals surface area contributed by atoms with Crippen molar-refractivity contribution in [2.24, 2.45) is 5.41 Å². The van der Waals surface area contributed by atoms with Crippen LogP contribution >= 0.6 is 0 Å². The van der Waals surface area contributed by atoms with Crippen LogP contribution in [0, 0.1) is 5.41 Å². The summed E-state index contributed by atoms with van der Waals surface area (Å²) < 4.78 is 0. The van der Waals surface area contributed by atoms with E-state index in [4.69, 9.17) is 0 Å². The van der Waals surface area contributed by atoms with Gasteiger partial charge in [-0.3, -0.25) is 9.59 Å². The highest BCUT2D eigenvalue weighted by molar-refractivity contribution is 5.93. The van der Waals surface area contributed by atoms with Crippen LogP contribution in [-0.4, -0.2) is 41.3 Å². The Kier molecular flexibility index (Phi) is 2.61. The van der Waals surface area contributed by atoms with E-state index < -0.39 is 0 Å². The van der Waals surface area contributed by atoms with Crippen molar-refractivity contribution in [3.05, 3.63) is 24.0 Å². The molecule has 0 saturated carbocycles. The van der Waals surface area contributed by atoms with Crippen LogP contribution in [0.25, 0.3) is 0 Å². The monoisotopic (exact) mass is 247 g/mol. The molecule has 5 nitrogen and oxygen atoms in total. The predicted molar refractivity (Wildman–Crippen MR) is 66.0 cm³/mol. The van der Waals surface area contributed by atoms with Gasteiger partial charge in [0.25, 0.3) is 5.91 Å². The lowest BCUT2D eigenvalue weighted by molar-refractivity contribution is -0.129. The largest absolute Gasteiger partial charge is 0.357 e. The van der Waals surface area contributed by atoms with Crippen molar-refractivity contribution in [3.63, 3.8) is 0 Å². The van der Waals surface area contributed by atoms with Gasteiger partial charge < -0.3 is 15.2 Å². The number of nitrogens with zero attached hydrogens (tertiary/aromatic N) is 1. The Hall–Kier alpha value is -1.78. The second-order valence-electron chi connectivity index (χ2n) is 5.16. The Morgan fingerprint density at radius 2 is 2.06 bits per heavy atom. The molecule has 3 rings (SSSR count). The molecule has 0 aromatic carbocycles. The fraction of sp³-hybridized carbons (Fsp3) is 0.538. The topological polar surface area (TPSA) is 65.2 Å². The van der Waals surface area contributed by atoms with Gasteiger partial charge >= 0.3 is 0 Å². The smallest absolute Gasteiger partial charge is 0.270 e. The zero-order valence-electron chi connectivity index (χ0n) is 10.2. The van der Waals surface area contributed by atoms with Crippen LogP contribution in [-0.2, 0) is 4.79 Å². The third kappa shape index (κ3) is 1.70. The minimum atomic E-state index is -0.202. The SMILES string of the molecule is O=C(c1ccc[nH]1)N1CCC2(CCNC2=O)CC1. The lowest BCUT2D eigenvalue weighted by Gasteiger charge is -2.37. The number of likely N-dealkylation sites (tertiary alicyclic amines) is 1. The van der Waals surface area contributed by atoms with Gasteiger partial charge in [-0.25, -0.2) is 0 Å². The van der Waals surface area contributed by atoms with Crippen molar-refractivity contribution in [3.8, 4) is 0 Å². The van der Waals surface area contributed by atoms with Gasteiger partial charge in [-0.2, -0.15) is 0 Å². The first-order chi connectivity index (χ1) is 8.71. The summed E-state index contributed by atoms with van der Waals surface area (Å²) in [6.45, 7) is 2.12. The molecule has 1 aromatic rings. The summed E-state index contributed by atoms with van der Waals surface area (Å²) in [5.74, 6) is 0.211. The van der Waals surface area contributed by atoms with Crippen LogP contribution in [0.15, 0.2) is 18.3 Å². The lowest BCUT2D eigenvalue weighted by atomic mass is 9.77. The maximum Gasteiger partial charge on any atom is 0.270 e. The van der Waals surface area contributed by atoms with Gasteiger partial charge in [-0.1, -0.05) is 0 Å². The number of amides is 2. The Morgan fingerprint density at radius 1 is 1.28 bits per heavy atom. The molecule has 0 atom stereocenters. The standard InChI is InChI=1S/C13H17N3O2/c17-11(10-2-1-6-14-10)16-8-4-13(5-9-16)3-7-15-12(13)18/h1-2,6,14H,3-5,7-9H2,(H,15,18).